The molecule has 0 aromatic carbocycles. The number of aryl methyl sites for hydroxylation is 1. The topological polar surface area (TPSA) is 16.1 Å². The van der Waals surface area contributed by atoms with E-state index in [1.165, 1.54) is 30.8 Å². The number of pyridine rings is 1. The predicted octanol–water partition coefficient (Wildman–Crippen LogP) is 2.63. The van der Waals surface area contributed by atoms with E-state index in [4.69, 9.17) is 0 Å². The molecule has 0 amide bonds. The lowest BCUT2D eigenvalue weighted by molar-refractivity contribution is 0.267. The van der Waals surface area contributed by atoms with E-state index in [0.29, 0.717) is 5.54 Å². The quantitative estimate of drug-likeness (QED) is 0.733. The van der Waals surface area contributed by atoms with Gasteiger partial charge in [-0.25, -0.2) is 0 Å². The SMILES string of the molecule is CCc1cc(N2CC3CC2(C)C3)ccn1. The summed E-state index contributed by atoms with van der Waals surface area (Å²) in [4.78, 5) is 6.95. The first kappa shape index (κ1) is 9.20. The molecule has 0 atom stereocenters. The molecule has 0 radical (unpaired) electrons. The molecule has 1 aromatic rings. The zero-order chi connectivity index (χ0) is 10.5. The van der Waals surface area contributed by atoms with Crippen molar-refractivity contribution in [2.24, 2.45) is 5.92 Å². The second-order valence-corrected chi connectivity index (χ2v) is 5.24. The molecule has 1 aromatic heterocycles. The molecule has 0 spiro atoms. The molecule has 1 aliphatic carbocycles. The van der Waals surface area contributed by atoms with Crippen LogP contribution in [0, 0.1) is 5.92 Å². The van der Waals surface area contributed by atoms with Gasteiger partial charge in [0.2, 0.25) is 0 Å². The molecular formula is C13H18N2. The van der Waals surface area contributed by atoms with E-state index in [-0.39, 0.29) is 0 Å². The van der Waals surface area contributed by atoms with Crippen molar-refractivity contribution in [2.45, 2.75) is 38.6 Å². The van der Waals surface area contributed by atoms with Gasteiger partial charge in [-0.2, -0.15) is 0 Å². The summed E-state index contributed by atoms with van der Waals surface area (Å²) in [5.74, 6) is 0.952. The summed E-state index contributed by atoms with van der Waals surface area (Å²) in [5.41, 5.74) is 3.04. The monoisotopic (exact) mass is 202 g/mol. The number of fused-ring (bicyclic) bond motifs is 1. The lowest BCUT2D eigenvalue weighted by Gasteiger charge is -2.39. The Morgan fingerprint density at radius 2 is 2.33 bits per heavy atom. The molecule has 3 aliphatic rings. The van der Waals surface area contributed by atoms with E-state index >= 15 is 0 Å². The van der Waals surface area contributed by atoms with Gasteiger partial charge in [0, 0.05) is 29.7 Å². The minimum atomic E-state index is 0.455. The van der Waals surface area contributed by atoms with E-state index in [1.807, 2.05) is 6.20 Å². The van der Waals surface area contributed by atoms with Crippen LogP contribution in [0.15, 0.2) is 18.3 Å². The van der Waals surface area contributed by atoms with Crippen LogP contribution in [-0.4, -0.2) is 17.1 Å². The van der Waals surface area contributed by atoms with E-state index in [1.54, 1.807) is 0 Å². The summed E-state index contributed by atoms with van der Waals surface area (Å²) in [6, 6.07) is 4.41. The zero-order valence-electron chi connectivity index (χ0n) is 9.53. The molecule has 2 saturated heterocycles. The second-order valence-electron chi connectivity index (χ2n) is 5.24. The summed E-state index contributed by atoms with van der Waals surface area (Å²) in [5, 5.41) is 0. The van der Waals surface area contributed by atoms with Gasteiger partial charge in [0.1, 0.15) is 0 Å². The molecule has 2 bridgehead atoms. The van der Waals surface area contributed by atoms with E-state index in [9.17, 15) is 0 Å². The van der Waals surface area contributed by atoms with Crippen LogP contribution < -0.4 is 4.90 Å². The molecule has 0 N–H and O–H groups in total. The summed E-state index contributed by atoms with van der Waals surface area (Å²) < 4.78 is 0. The first-order valence-corrected chi connectivity index (χ1v) is 5.94. The van der Waals surface area contributed by atoms with Gasteiger partial charge in [0.25, 0.3) is 0 Å². The molecule has 80 valence electrons. The van der Waals surface area contributed by atoms with Crippen molar-refractivity contribution in [1.29, 1.82) is 0 Å². The minimum absolute atomic E-state index is 0.455. The van der Waals surface area contributed by atoms with Gasteiger partial charge >= 0.3 is 0 Å². The molecule has 2 nitrogen and oxygen atoms in total. The third-order valence-electron chi connectivity index (χ3n) is 4.02. The number of aromatic nitrogens is 1. The van der Waals surface area contributed by atoms with Gasteiger partial charge < -0.3 is 4.90 Å². The van der Waals surface area contributed by atoms with E-state index in [0.717, 1.165) is 12.3 Å². The summed E-state index contributed by atoms with van der Waals surface area (Å²) in [6.07, 6.45) is 5.75. The molecular weight excluding hydrogens is 184 g/mol. The summed E-state index contributed by atoms with van der Waals surface area (Å²) >= 11 is 0. The van der Waals surface area contributed by atoms with Crippen molar-refractivity contribution in [3.05, 3.63) is 24.0 Å². The Labute approximate surface area is 91.3 Å². The Kier molecular flexibility index (Phi) is 1.82. The highest BCUT2D eigenvalue weighted by Gasteiger charge is 2.52. The first-order valence-electron chi connectivity index (χ1n) is 5.94. The maximum Gasteiger partial charge on any atom is 0.0421 e. The van der Waals surface area contributed by atoms with Gasteiger partial charge in [-0.15, -0.1) is 0 Å². The van der Waals surface area contributed by atoms with Gasteiger partial charge in [-0.3, -0.25) is 4.98 Å². The fourth-order valence-corrected chi connectivity index (χ4v) is 3.26. The molecule has 3 heterocycles. The molecule has 4 rings (SSSR count). The van der Waals surface area contributed by atoms with Crippen LogP contribution >= 0.6 is 0 Å². The first-order chi connectivity index (χ1) is 7.21. The summed E-state index contributed by atoms with van der Waals surface area (Å²) in [7, 11) is 0. The maximum atomic E-state index is 4.36. The fourth-order valence-electron chi connectivity index (χ4n) is 3.26. The third-order valence-corrected chi connectivity index (χ3v) is 4.02. The number of rotatable bonds is 2. The van der Waals surface area contributed by atoms with Crippen LogP contribution in [0.4, 0.5) is 5.69 Å². The Morgan fingerprint density at radius 3 is 2.93 bits per heavy atom. The number of hydrogen-bond acceptors (Lipinski definition) is 2. The Bertz CT molecular complexity index is 380. The van der Waals surface area contributed by atoms with Crippen LogP contribution in [0.1, 0.15) is 32.4 Å². The number of hydrogen-bond donors (Lipinski definition) is 0. The van der Waals surface area contributed by atoms with Crippen LogP contribution in [0.5, 0.6) is 0 Å². The lowest BCUT2D eigenvalue weighted by atomic mass is 9.75. The maximum absolute atomic E-state index is 4.36. The molecule has 2 heteroatoms. The van der Waals surface area contributed by atoms with Crippen LogP contribution in [-0.2, 0) is 6.42 Å². The third kappa shape index (κ3) is 1.27. The lowest BCUT2D eigenvalue weighted by Crippen LogP contribution is -2.42. The Hall–Kier alpha value is -1.05. The zero-order valence-corrected chi connectivity index (χ0v) is 9.53. The highest BCUT2D eigenvalue weighted by Crippen LogP contribution is 2.51. The number of anilines is 1. The fraction of sp³-hybridized carbons (Fsp3) is 0.615. The van der Waals surface area contributed by atoms with Gasteiger partial charge in [0.15, 0.2) is 0 Å². The minimum Gasteiger partial charge on any atom is -0.366 e. The molecule has 0 unspecified atom stereocenters. The Morgan fingerprint density at radius 1 is 1.53 bits per heavy atom. The number of nitrogens with zero attached hydrogens (tertiary/aromatic N) is 2. The van der Waals surface area contributed by atoms with Crippen molar-refractivity contribution >= 4 is 5.69 Å². The predicted molar refractivity (Wildman–Crippen MR) is 62.1 cm³/mol. The Balaban J connectivity index is 1.92. The van der Waals surface area contributed by atoms with E-state index < -0.39 is 0 Å². The van der Waals surface area contributed by atoms with Crippen molar-refractivity contribution in [3.8, 4) is 0 Å². The van der Waals surface area contributed by atoms with E-state index in [2.05, 4.69) is 35.9 Å². The molecule has 15 heavy (non-hydrogen) atoms. The highest BCUT2D eigenvalue weighted by molar-refractivity contribution is 5.53. The summed E-state index contributed by atoms with van der Waals surface area (Å²) in [6.45, 7) is 5.81. The van der Waals surface area contributed by atoms with Crippen molar-refractivity contribution < 1.29 is 0 Å². The smallest absolute Gasteiger partial charge is 0.0421 e. The van der Waals surface area contributed by atoms with Crippen LogP contribution in [0.25, 0.3) is 0 Å². The van der Waals surface area contributed by atoms with Crippen LogP contribution in [0.3, 0.4) is 0 Å². The normalized spacial score (nSPS) is 32.9. The van der Waals surface area contributed by atoms with Gasteiger partial charge in [0.05, 0.1) is 0 Å². The van der Waals surface area contributed by atoms with Crippen molar-refractivity contribution in [2.75, 3.05) is 11.4 Å². The van der Waals surface area contributed by atoms with Gasteiger partial charge in [-0.05, 0) is 44.2 Å². The van der Waals surface area contributed by atoms with Crippen molar-refractivity contribution in [3.63, 3.8) is 0 Å². The molecule has 2 aliphatic heterocycles. The molecule has 1 saturated carbocycles. The average molecular weight is 202 g/mol. The van der Waals surface area contributed by atoms with Crippen molar-refractivity contribution in [1.82, 2.24) is 4.98 Å². The average Bonchev–Trinajstić information content (AvgIpc) is 2.71. The van der Waals surface area contributed by atoms with Gasteiger partial charge in [-0.1, -0.05) is 6.92 Å². The van der Waals surface area contributed by atoms with Crippen LogP contribution in [0.2, 0.25) is 0 Å². The molecule has 3 fully saturated rings. The second kappa shape index (κ2) is 2.97. The standard InChI is InChI=1S/C13H18N2/c1-3-11-6-12(4-5-14-11)15-9-10-7-13(15,2)8-10/h4-6,10H,3,7-9H2,1-2H3. The highest BCUT2D eigenvalue weighted by atomic mass is 15.3. The largest absolute Gasteiger partial charge is 0.366 e.